The van der Waals surface area contributed by atoms with E-state index in [4.69, 9.17) is 27.6 Å². The summed E-state index contributed by atoms with van der Waals surface area (Å²) >= 11 is 12.0. The summed E-state index contributed by atoms with van der Waals surface area (Å²) in [6.45, 7) is 5.96. The Morgan fingerprint density at radius 1 is 1.20 bits per heavy atom. The van der Waals surface area contributed by atoms with Gasteiger partial charge in [-0.1, -0.05) is 43.1 Å². The van der Waals surface area contributed by atoms with Crippen LogP contribution in [-0.2, 0) is 10.2 Å². The Morgan fingerprint density at radius 3 is 2.52 bits per heavy atom. The van der Waals surface area contributed by atoms with Crippen LogP contribution in [0.3, 0.4) is 0 Å². The number of carbonyl (C=O) groups is 2. The third-order valence-electron chi connectivity index (χ3n) is 3.89. The van der Waals surface area contributed by atoms with Crippen LogP contribution in [0.5, 0.6) is 0 Å². The van der Waals surface area contributed by atoms with E-state index in [0.29, 0.717) is 16.6 Å². The van der Waals surface area contributed by atoms with Crippen molar-refractivity contribution in [1.82, 2.24) is 10.6 Å². The van der Waals surface area contributed by atoms with E-state index in [9.17, 15) is 9.59 Å². The van der Waals surface area contributed by atoms with Crippen LogP contribution in [0.15, 0.2) is 41.0 Å². The second kappa shape index (κ2) is 7.93. The maximum Gasteiger partial charge on any atom is 0.287 e. The Morgan fingerprint density at radius 2 is 1.92 bits per heavy atom. The second-order valence-electron chi connectivity index (χ2n) is 6.40. The highest BCUT2D eigenvalue weighted by molar-refractivity contribution is 6.42. The number of nitrogens with one attached hydrogen (secondary N) is 2. The van der Waals surface area contributed by atoms with Crippen molar-refractivity contribution in [3.63, 3.8) is 0 Å². The number of furan rings is 1. The zero-order chi connectivity index (χ0) is 18.6. The predicted molar refractivity (Wildman–Crippen MR) is 98.1 cm³/mol. The van der Waals surface area contributed by atoms with Crippen LogP contribution in [-0.4, -0.2) is 24.4 Å². The van der Waals surface area contributed by atoms with Gasteiger partial charge in [0, 0.05) is 12.0 Å². The molecule has 1 unspecified atom stereocenters. The van der Waals surface area contributed by atoms with Gasteiger partial charge in [0.2, 0.25) is 5.91 Å². The molecule has 1 aromatic carbocycles. The SMILES string of the molecule is CC(NC(=O)c1ccco1)C(=O)NCC(C)(C)c1ccc(Cl)c(Cl)c1. The van der Waals surface area contributed by atoms with Crippen LogP contribution >= 0.6 is 23.2 Å². The van der Waals surface area contributed by atoms with Crippen molar-refractivity contribution in [3.8, 4) is 0 Å². The van der Waals surface area contributed by atoms with Crippen LogP contribution in [0.4, 0.5) is 0 Å². The normalized spacial score (nSPS) is 12.5. The largest absolute Gasteiger partial charge is 0.459 e. The van der Waals surface area contributed by atoms with Crippen LogP contribution in [0.2, 0.25) is 10.0 Å². The molecule has 0 fully saturated rings. The molecule has 1 atom stereocenters. The fourth-order valence-corrected chi connectivity index (χ4v) is 2.52. The van der Waals surface area contributed by atoms with Crippen molar-refractivity contribution in [1.29, 1.82) is 0 Å². The van der Waals surface area contributed by atoms with Crippen LogP contribution in [0.1, 0.15) is 36.9 Å². The first kappa shape index (κ1) is 19.3. The number of amides is 2. The van der Waals surface area contributed by atoms with E-state index >= 15 is 0 Å². The number of benzene rings is 1. The fraction of sp³-hybridized carbons (Fsp3) is 0.333. The molecule has 0 radical (unpaired) electrons. The highest BCUT2D eigenvalue weighted by atomic mass is 35.5. The minimum absolute atomic E-state index is 0.163. The molecule has 7 heteroatoms. The molecule has 1 aromatic heterocycles. The van der Waals surface area contributed by atoms with Gasteiger partial charge in [0.05, 0.1) is 16.3 Å². The minimum atomic E-state index is -0.692. The van der Waals surface area contributed by atoms with Crippen molar-refractivity contribution in [2.75, 3.05) is 6.54 Å². The molecule has 0 aliphatic heterocycles. The lowest BCUT2D eigenvalue weighted by molar-refractivity contribution is -0.122. The molecule has 0 aliphatic rings. The van der Waals surface area contributed by atoms with E-state index in [1.807, 2.05) is 19.9 Å². The highest BCUT2D eigenvalue weighted by Gasteiger charge is 2.24. The maximum atomic E-state index is 12.2. The molecule has 134 valence electrons. The van der Waals surface area contributed by atoms with E-state index in [1.165, 1.54) is 12.3 Å². The van der Waals surface area contributed by atoms with Gasteiger partial charge < -0.3 is 15.1 Å². The summed E-state index contributed by atoms with van der Waals surface area (Å²) in [6.07, 6.45) is 1.40. The molecule has 0 spiro atoms. The molecule has 2 amide bonds. The van der Waals surface area contributed by atoms with Crippen LogP contribution in [0.25, 0.3) is 0 Å². The topological polar surface area (TPSA) is 71.3 Å². The van der Waals surface area contributed by atoms with Crippen molar-refractivity contribution >= 4 is 35.0 Å². The average Bonchev–Trinajstić information content (AvgIpc) is 3.09. The third-order valence-corrected chi connectivity index (χ3v) is 4.63. The summed E-state index contributed by atoms with van der Waals surface area (Å²) in [5.74, 6) is -0.555. The maximum absolute atomic E-state index is 12.2. The fourth-order valence-electron chi connectivity index (χ4n) is 2.22. The van der Waals surface area contributed by atoms with Gasteiger partial charge in [-0.25, -0.2) is 0 Å². The summed E-state index contributed by atoms with van der Waals surface area (Å²) in [4.78, 5) is 24.1. The smallest absolute Gasteiger partial charge is 0.287 e. The Balaban J connectivity index is 1.93. The molecule has 0 saturated heterocycles. The van der Waals surface area contributed by atoms with E-state index in [1.54, 1.807) is 25.1 Å². The average molecular weight is 383 g/mol. The molecule has 25 heavy (non-hydrogen) atoms. The first-order valence-electron chi connectivity index (χ1n) is 7.78. The monoisotopic (exact) mass is 382 g/mol. The zero-order valence-corrected chi connectivity index (χ0v) is 15.7. The van der Waals surface area contributed by atoms with Crippen molar-refractivity contribution in [2.45, 2.75) is 32.2 Å². The lowest BCUT2D eigenvalue weighted by atomic mass is 9.84. The van der Waals surface area contributed by atoms with E-state index in [2.05, 4.69) is 10.6 Å². The lowest BCUT2D eigenvalue weighted by Gasteiger charge is -2.27. The molecule has 0 saturated carbocycles. The Bertz CT molecular complexity index is 758. The van der Waals surface area contributed by atoms with Crippen molar-refractivity contribution < 1.29 is 14.0 Å². The second-order valence-corrected chi connectivity index (χ2v) is 7.22. The number of carbonyl (C=O) groups excluding carboxylic acids is 2. The highest BCUT2D eigenvalue weighted by Crippen LogP contribution is 2.29. The molecule has 2 aromatic rings. The van der Waals surface area contributed by atoms with Gasteiger partial charge in [0.25, 0.3) is 5.91 Å². The summed E-state index contributed by atoms with van der Waals surface area (Å²) in [7, 11) is 0. The Labute approximate surface area is 156 Å². The number of hydrogen-bond donors (Lipinski definition) is 2. The number of rotatable bonds is 6. The Hall–Kier alpha value is -1.98. The van der Waals surface area contributed by atoms with Gasteiger partial charge in [-0.15, -0.1) is 0 Å². The first-order chi connectivity index (χ1) is 11.7. The number of hydrogen-bond acceptors (Lipinski definition) is 3. The van der Waals surface area contributed by atoms with Crippen LogP contribution < -0.4 is 10.6 Å². The summed E-state index contributed by atoms with van der Waals surface area (Å²) in [5, 5.41) is 6.39. The summed E-state index contributed by atoms with van der Waals surface area (Å²) in [5.41, 5.74) is 0.601. The predicted octanol–water partition coefficient (Wildman–Crippen LogP) is 3.80. The Kier molecular flexibility index (Phi) is 6.14. The molecule has 2 rings (SSSR count). The quantitative estimate of drug-likeness (QED) is 0.797. The lowest BCUT2D eigenvalue weighted by Crippen LogP contribution is -2.47. The van der Waals surface area contributed by atoms with Gasteiger partial charge in [-0.2, -0.15) is 0 Å². The molecule has 0 bridgehead atoms. The third kappa shape index (κ3) is 5.00. The molecule has 0 aliphatic carbocycles. The summed E-state index contributed by atoms with van der Waals surface area (Å²) < 4.78 is 5.00. The van der Waals surface area contributed by atoms with Gasteiger partial charge >= 0.3 is 0 Å². The molecular weight excluding hydrogens is 363 g/mol. The van der Waals surface area contributed by atoms with Gasteiger partial charge in [-0.3, -0.25) is 9.59 Å². The molecule has 1 heterocycles. The molecular formula is C18H20Cl2N2O3. The standard InChI is InChI=1S/C18H20Cl2N2O3/c1-11(22-17(24)15-5-4-8-25-15)16(23)21-10-18(2,3)12-6-7-13(19)14(20)9-12/h4-9,11H,10H2,1-3H3,(H,21,23)(H,22,24). The minimum Gasteiger partial charge on any atom is -0.459 e. The van der Waals surface area contributed by atoms with E-state index < -0.39 is 11.9 Å². The van der Waals surface area contributed by atoms with E-state index in [0.717, 1.165) is 5.56 Å². The summed E-state index contributed by atoms with van der Waals surface area (Å²) in [6, 6.07) is 7.85. The zero-order valence-electron chi connectivity index (χ0n) is 14.2. The van der Waals surface area contributed by atoms with Crippen molar-refractivity contribution in [3.05, 3.63) is 58.0 Å². The van der Waals surface area contributed by atoms with Gasteiger partial charge in [0.1, 0.15) is 6.04 Å². The van der Waals surface area contributed by atoms with Crippen LogP contribution in [0, 0.1) is 0 Å². The molecule has 2 N–H and O–H groups in total. The van der Waals surface area contributed by atoms with Gasteiger partial charge in [-0.05, 0) is 36.8 Å². The number of halogens is 2. The first-order valence-corrected chi connectivity index (χ1v) is 8.54. The van der Waals surface area contributed by atoms with Gasteiger partial charge in [0.15, 0.2) is 5.76 Å². The molecule has 5 nitrogen and oxygen atoms in total. The van der Waals surface area contributed by atoms with E-state index in [-0.39, 0.29) is 17.1 Å². The van der Waals surface area contributed by atoms with Crippen molar-refractivity contribution in [2.24, 2.45) is 0 Å².